The van der Waals surface area contributed by atoms with E-state index in [2.05, 4.69) is 0 Å². The van der Waals surface area contributed by atoms with Crippen molar-refractivity contribution in [1.29, 1.82) is 0 Å². The molecule has 1 aromatic rings. The summed E-state index contributed by atoms with van der Waals surface area (Å²) in [6.07, 6.45) is -3.79. The van der Waals surface area contributed by atoms with Gasteiger partial charge in [0.25, 0.3) is 0 Å². The van der Waals surface area contributed by atoms with Crippen molar-refractivity contribution >= 4 is 5.97 Å². The molecule has 1 aliphatic rings. The molecule has 5 nitrogen and oxygen atoms in total. The van der Waals surface area contributed by atoms with Gasteiger partial charge < -0.3 is 18.9 Å². The van der Waals surface area contributed by atoms with Crippen LogP contribution < -0.4 is 4.74 Å². The molecule has 1 saturated heterocycles. The van der Waals surface area contributed by atoms with Crippen LogP contribution in [0, 0.1) is 0 Å². The van der Waals surface area contributed by atoms with Crippen molar-refractivity contribution in [2.45, 2.75) is 52.3 Å². The number of ether oxygens (including phenoxy) is 4. The zero-order valence-electron chi connectivity index (χ0n) is 16.9. The smallest absolute Gasteiger partial charge is 0.422 e. The Morgan fingerprint density at radius 3 is 2.07 bits per heavy atom. The summed E-state index contributed by atoms with van der Waals surface area (Å²) in [5.74, 6) is -0.189. The molecule has 2 rings (SSSR count). The standard InChI is InChI=1S/C16H21F3O3.C4H8O2/c1-5-12-8-11(9-14(20)22-15(2,3)4)6-7-13(12)21-10-16(17,18)19;1-2-6-4-3-5-1/h6-8H,5,9-10H2,1-4H3;1-4H2. The molecular formula is C20H29F3O5. The van der Waals surface area contributed by atoms with Gasteiger partial charge in [-0.15, -0.1) is 0 Å². The Morgan fingerprint density at radius 2 is 1.64 bits per heavy atom. The Morgan fingerprint density at radius 1 is 1.07 bits per heavy atom. The van der Waals surface area contributed by atoms with Gasteiger partial charge in [-0.3, -0.25) is 4.79 Å². The highest BCUT2D eigenvalue weighted by atomic mass is 19.4. The zero-order chi connectivity index (χ0) is 21.2. The Hall–Kier alpha value is -1.80. The molecule has 1 fully saturated rings. The highest BCUT2D eigenvalue weighted by molar-refractivity contribution is 5.73. The van der Waals surface area contributed by atoms with E-state index >= 15 is 0 Å². The highest BCUT2D eigenvalue weighted by Crippen LogP contribution is 2.24. The van der Waals surface area contributed by atoms with Crippen LogP contribution in [0.1, 0.15) is 38.8 Å². The number of aryl methyl sites for hydroxylation is 1. The minimum atomic E-state index is -4.37. The lowest BCUT2D eigenvalue weighted by atomic mass is 10.1. The predicted molar refractivity (Wildman–Crippen MR) is 98.6 cm³/mol. The molecular weight excluding hydrogens is 377 g/mol. The summed E-state index contributed by atoms with van der Waals surface area (Å²) in [6, 6.07) is 4.72. The second kappa shape index (κ2) is 11.3. The molecule has 0 atom stereocenters. The van der Waals surface area contributed by atoms with Gasteiger partial charge in [0.15, 0.2) is 6.61 Å². The normalized spacial score (nSPS) is 14.7. The van der Waals surface area contributed by atoms with E-state index in [1.54, 1.807) is 32.9 Å². The van der Waals surface area contributed by atoms with Crippen molar-refractivity contribution in [3.63, 3.8) is 0 Å². The third-order valence-electron chi connectivity index (χ3n) is 3.41. The second-order valence-corrected chi connectivity index (χ2v) is 7.19. The Balaban J connectivity index is 0.000000552. The second-order valence-electron chi connectivity index (χ2n) is 7.19. The van der Waals surface area contributed by atoms with Crippen LogP contribution in [-0.2, 0) is 31.8 Å². The fourth-order valence-corrected chi connectivity index (χ4v) is 2.30. The van der Waals surface area contributed by atoms with Crippen molar-refractivity contribution in [1.82, 2.24) is 0 Å². The molecule has 0 amide bonds. The summed E-state index contributed by atoms with van der Waals surface area (Å²) >= 11 is 0. The first-order valence-electron chi connectivity index (χ1n) is 9.19. The SMILES string of the molecule is C1COCCO1.CCc1cc(CC(=O)OC(C)(C)C)ccc1OCC(F)(F)F. The lowest BCUT2D eigenvalue weighted by molar-refractivity contribution is -0.154. The molecule has 160 valence electrons. The largest absolute Gasteiger partial charge is 0.484 e. The minimum Gasteiger partial charge on any atom is -0.484 e. The average Bonchev–Trinajstić information content (AvgIpc) is 2.60. The number of rotatable bonds is 5. The number of carbonyl (C=O) groups excluding carboxylic acids is 1. The van der Waals surface area contributed by atoms with Crippen LogP contribution in [0.2, 0.25) is 0 Å². The van der Waals surface area contributed by atoms with Crippen LogP contribution in [0.25, 0.3) is 0 Å². The molecule has 0 aliphatic carbocycles. The summed E-state index contributed by atoms with van der Waals surface area (Å²) in [6.45, 7) is 8.92. The summed E-state index contributed by atoms with van der Waals surface area (Å²) in [5, 5.41) is 0. The number of halogens is 3. The average molecular weight is 406 g/mol. The van der Waals surface area contributed by atoms with Crippen LogP contribution in [0.5, 0.6) is 5.75 Å². The molecule has 1 aromatic carbocycles. The van der Waals surface area contributed by atoms with Gasteiger partial charge in [0, 0.05) is 0 Å². The van der Waals surface area contributed by atoms with Gasteiger partial charge in [0.1, 0.15) is 11.4 Å². The van der Waals surface area contributed by atoms with E-state index in [1.807, 2.05) is 6.92 Å². The van der Waals surface area contributed by atoms with Crippen molar-refractivity contribution < 1.29 is 36.9 Å². The van der Waals surface area contributed by atoms with Gasteiger partial charge in [-0.05, 0) is 44.4 Å². The number of hydrogen-bond donors (Lipinski definition) is 0. The molecule has 0 unspecified atom stereocenters. The van der Waals surface area contributed by atoms with Crippen molar-refractivity contribution in [3.8, 4) is 5.75 Å². The van der Waals surface area contributed by atoms with Gasteiger partial charge in [-0.1, -0.05) is 19.1 Å². The summed E-state index contributed by atoms with van der Waals surface area (Å²) in [4.78, 5) is 11.8. The van der Waals surface area contributed by atoms with Crippen molar-refractivity contribution in [2.24, 2.45) is 0 Å². The number of esters is 1. The first-order chi connectivity index (χ1) is 13.0. The molecule has 0 bridgehead atoms. The summed E-state index contributed by atoms with van der Waals surface area (Å²) in [7, 11) is 0. The maximum Gasteiger partial charge on any atom is 0.422 e. The quantitative estimate of drug-likeness (QED) is 0.689. The van der Waals surface area contributed by atoms with E-state index in [0.717, 1.165) is 26.4 Å². The molecule has 0 aromatic heterocycles. The van der Waals surface area contributed by atoms with Gasteiger partial charge in [-0.25, -0.2) is 0 Å². The Kier molecular flexibility index (Phi) is 9.75. The first kappa shape index (κ1) is 24.2. The van der Waals surface area contributed by atoms with Crippen LogP contribution in [0.3, 0.4) is 0 Å². The van der Waals surface area contributed by atoms with Crippen molar-refractivity contribution in [2.75, 3.05) is 33.0 Å². The molecule has 1 aliphatic heterocycles. The maximum atomic E-state index is 12.2. The van der Waals surface area contributed by atoms with E-state index in [-0.39, 0.29) is 18.1 Å². The lowest BCUT2D eigenvalue weighted by Crippen LogP contribution is -2.25. The van der Waals surface area contributed by atoms with E-state index in [0.29, 0.717) is 17.5 Å². The monoisotopic (exact) mass is 406 g/mol. The maximum absolute atomic E-state index is 12.2. The van der Waals surface area contributed by atoms with E-state index in [9.17, 15) is 18.0 Å². The summed E-state index contributed by atoms with van der Waals surface area (Å²) < 4.78 is 56.5. The van der Waals surface area contributed by atoms with Crippen molar-refractivity contribution in [3.05, 3.63) is 29.3 Å². The number of carbonyl (C=O) groups is 1. The summed E-state index contributed by atoms with van der Waals surface area (Å²) in [5.41, 5.74) is 0.747. The fraction of sp³-hybridized carbons (Fsp3) is 0.650. The Labute approximate surface area is 164 Å². The van der Waals surface area contributed by atoms with Crippen LogP contribution in [0.15, 0.2) is 18.2 Å². The third kappa shape index (κ3) is 11.1. The predicted octanol–water partition coefficient (Wildman–Crippen LogP) is 4.11. The highest BCUT2D eigenvalue weighted by Gasteiger charge is 2.28. The fourth-order valence-electron chi connectivity index (χ4n) is 2.30. The molecule has 1 heterocycles. The molecule has 28 heavy (non-hydrogen) atoms. The van der Waals surface area contributed by atoms with Gasteiger partial charge in [0.05, 0.1) is 32.8 Å². The van der Waals surface area contributed by atoms with Crippen LogP contribution in [-0.4, -0.2) is 50.8 Å². The molecule has 0 N–H and O–H groups in total. The lowest BCUT2D eigenvalue weighted by Gasteiger charge is -2.19. The first-order valence-corrected chi connectivity index (χ1v) is 9.19. The minimum absolute atomic E-state index is 0.0732. The van der Waals surface area contributed by atoms with Crippen LogP contribution >= 0.6 is 0 Å². The van der Waals surface area contributed by atoms with Crippen LogP contribution in [0.4, 0.5) is 13.2 Å². The van der Waals surface area contributed by atoms with Gasteiger partial charge in [0.2, 0.25) is 0 Å². The van der Waals surface area contributed by atoms with E-state index in [4.69, 9.17) is 18.9 Å². The van der Waals surface area contributed by atoms with Gasteiger partial charge >= 0.3 is 12.1 Å². The topological polar surface area (TPSA) is 54.0 Å². The third-order valence-corrected chi connectivity index (χ3v) is 3.41. The molecule has 8 heteroatoms. The molecule has 0 saturated carbocycles. The molecule has 0 spiro atoms. The Bertz CT molecular complexity index is 593. The number of alkyl halides is 3. The molecule has 0 radical (unpaired) electrons. The van der Waals surface area contributed by atoms with Gasteiger partial charge in [-0.2, -0.15) is 13.2 Å². The number of benzene rings is 1. The van der Waals surface area contributed by atoms with E-state index < -0.39 is 18.4 Å². The number of hydrogen-bond acceptors (Lipinski definition) is 5. The zero-order valence-corrected chi connectivity index (χ0v) is 16.9. The van der Waals surface area contributed by atoms with E-state index in [1.165, 1.54) is 6.07 Å².